The van der Waals surface area contributed by atoms with E-state index in [0.29, 0.717) is 5.69 Å². The number of nitrogens with zero attached hydrogens (tertiary/aromatic N) is 1. The number of rotatable bonds is 6. The summed E-state index contributed by atoms with van der Waals surface area (Å²) in [5, 5.41) is 22.3. The predicted molar refractivity (Wildman–Crippen MR) is 69.2 cm³/mol. The number of hydrogen-bond donors (Lipinski definition) is 2. The van der Waals surface area contributed by atoms with Crippen LogP contribution in [0.3, 0.4) is 0 Å². The van der Waals surface area contributed by atoms with Crippen LogP contribution in [0.2, 0.25) is 0 Å². The van der Waals surface area contributed by atoms with E-state index in [0.717, 1.165) is 6.07 Å². The van der Waals surface area contributed by atoms with Gasteiger partial charge in [-0.15, -0.1) is 0 Å². The van der Waals surface area contributed by atoms with Crippen LogP contribution < -0.4 is 5.32 Å². The zero-order valence-corrected chi connectivity index (χ0v) is 10.8. The molecule has 104 valence electrons. The highest BCUT2D eigenvalue weighted by atomic mass is 16.6. The van der Waals surface area contributed by atoms with Crippen molar-refractivity contribution >= 4 is 17.3 Å². The van der Waals surface area contributed by atoms with Crippen molar-refractivity contribution in [3.05, 3.63) is 33.9 Å². The molecule has 0 aliphatic rings. The summed E-state index contributed by atoms with van der Waals surface area (Å²) in [6.07, 6.45) is -0.322. The second kappa shape index (κ2) is 6.69. The minimum Gasteiger partial charge on any atom is -0.459 e. The smallest absolute Gasteiger partial charge is 0.340 e. The van der Waals surface area contributed by atoms with E-state index < -0.39 is 10.9 Å². The molecule has 0 fully saturated rings. The van der Waals surface area contributed by atoms with E-state index in [9.17, 15) is 14.9 Å². The van der Waals surface area contributed by atoms with Crippen molar-refractivity contribution in [2.45, 2.75) is 20.0 Å². The van der Waals surface area contributed by atoms with Gasteiger partial charge in [0.05, 0.1) is 23.2 Å². The highest BCUT2D eigenvalue weighted by Crippen LogP contribution is 2.23. The third-order valence-electron chi connectivity index (χ3n) is 2.20. The van der Waals surface area contributed by atoms with Crippen LogP contribution in [-0.2, 0) is 4.74 Å². The number of carbonyl (C=O) groups is 1. The zero-order chi connectivity index (χ0) is 14.4. The van der Waals surface area contributed by atoms with Crippen LogP contribution in [0.25, 0.3) is 0 Å². The van der Waals surface area contributed by atoms with Gasteiger partial charge in [-0.3, -0.25) is 10.1 Å². The summed E-state index contributed by atoms with van der Waals surface area (Å²) < 4.78 is 5.03. The van der Waals surface area contributed by atoms with Crippen molar-refractivity contribution in [2.75, 3.05) is 18.5 Å². The van der Waals surface area contributed by atoms with E-state index in [4.69, 9.17) is 9.84 Å². The van der Waals surface area contributed by atoms with Crippen LogP contribution in [0.1, 0.15) is 24.2 Å². The molecule has 0 aliphatic carbocycles. The van der Waals surface area contributed by atoms with E-state index in [2.05, 4.69) is 5.32 Å². The quantitative estimate of drug-likeness (QED) is 0.461. The van der Waals surface area contributed by atoms with Gasteiger partial charge in [0.15, 0.2) is 0 Å². The van der Waals surface area contributed by atoms with Crippen LogP contribution in [0.5, 0.6) is 0 Å². The fourth-order valence-corrected chi connectivity index (χ4v) is 1.44. The molecule has 1 rings (SSSR count). The van der Waals surface area contributed by atoms with E-state index >= 15 is 0 Å². The first-order valence-corrected chi connectivity index (χ1v) is 5.80. The predicted octanol–water partition coefficient (Wildman–Crippen LogP) is 1.56. The number of carbonyl (C=O) groups excluding carboxylic acids is 1. The van der Waals surface area contributed by atoms with Crippen LogP contribution in [0.4, 0.5) is 11.4 Å². The Kier molecular flexibility index (Phi) is 5.25. The molecule has 2 N–H and O–H groups in total. The number of nitro benzene ring substituents is 1. The van der Waals surface area contributed by atoms with E-state index in [-0.39, 0.29) is 30.5 Å². The number of aliphatic hydroxyl groups excluding tert-OH is 1. The number of nitrogens with one attached hydrogen (secondary N) is 1. The lowest BCUT2D eigenvalue weighted by Crippen LogP contribution is -2.15. The van der Waals surface area contributed by atoms with Crippen molar-refractivity contribution in [3.8, 4) is 0 Å². The Morgan fingerprint density at radius 1 is 1.53 bits per heavy atom. The van der Waals surface area contributed by atoms with Crippen molar-refractivity contribution in [3.63, 3.8) is 0 Å². The Morgan fingerprint density at radius 3 is 2.74 bits per heavy atom. The van der Waals surface area contributed by atoms with Gasteiger partial charge in [-0.1, -0.05) is 0 Å². The molecule has 1 aromatic rings. The van der Waals surface area contributed by atoms with Gasteiger partial charge in [0.1, 0.15) is 0 Å². The molecule has 0 saturated carbocycles. The van der Waals surface area contributed by atoms with Gasteiger partial charge >= 0.3 is 5.97 Å². The zero-order valence-electron chi connectivity index (χ0n) is 10.8. The Balaban J connectivity index is 3.09. The van der Waals surface area contributed by atoms with Gasteiger partial charge in [-0.05, 0) is 19.9 Å². The molecule has 0 radical (unpaired) electrons. The monoisotopic (exact) mass is 268 g/mol. The molecular weight excluding hydrogens is 252 g/mol. The summed E-state index contributed by atoms with van der Waals surface area (Å²) in [4.78, 5) is 22.0. The van der Waals surface area contributed by atoms with Gasteiger partial charge in [0.25, 0.3) is 5.69 Å². The van der Waals surface area contributed by atoms with Gasteiger partial charge < -0.3 is 15.2 Å². The second-order valence-corrected chi connectivity index (χ2v) is 4.09. The van der Waals surface area contributed by atoms with Crippen LogP contribution >= 0.6 is 0 Å². The first-order valence-electron chi connectivity index (χ1n) is 5.80. The number of benzene rings is 1. The lowest BCUT2D eigenvalue weighted by Gasteiger charge is -2.12. The molecule has 0 bridgehead atoms. The summed E-state index contributed by atoms with van der Waals surface area (Å²) in [5.74, 6) is -0.640. The number of ether oxygens (including phenoxy) is 1. The van der Waals surface area contributed by atoms with E-state index in [1.807, 2.05) is 0 Å². The van der Waals surface area contributed by atoms with Gasteiger partial charge in [0.2, 0.25) is 0 Å². The Labute approximate surface area is 110 Å². The molecular formula is C12H16N2O5. The van der Waals surface area contributed by atoms with Crippen LogP contribution in [0.15, 0.2) is 18.2 Å². The number of non-ortho nitro benzene ring substituents is 1. The molecule has 0 amide bonds. The summed E-state index contributed by atoms with van der Waals surface area (Å²) in [7, 11) is 0. The summed E-state index contributed by atoms with van der Waals surface area (Å²) in [6.45, 7) is 3.50. The molecule has 0 heterocycles. The minimum absolute atomic E-state index is 0.0800. The lowest BCUT2D eigenvalue weighted by atomic mass is 10.1. The second-order valence-electron chi connectivity index (χ2n) is 4.09. The maximum absolute atomic E-state index is 11.9. The van der Waals surface area contributed by atoms with Crippen LogP contribution in [0, 0.1) is 10.1 Å². The highest BCUT2D eigenvalue weighted by molar-refractivity contribution is 5.96. The number of nitro groups is 1. The third kappa shape index (κ3) is 4.22. The first-order chi connectivity index (χ1) is 8.95. The molecule has 7 heteroatoms. The van der Waals surface area contributed by atoms with Gasteiger partial charge in [-0.2, -0.15) is 0 Å². The average Bonchev–Trinajstić information content (AvgIpc) is 2.35. The summed E-state index contributed by atoms with van der Waals surface area (Å²) in [5.41, 5.74) is 0.284. The Hall–Kier alpha value is -2.15. The summed E-state index contributed by atoms with van der Waals surface area (Å²) >= 11 is 0. The SMILES string of the molecule is CC(C)OC(=O)c1cc([N+](=O)[O-])ccc1NCCO. The molecule has 0 saturated heterocycles. The number of hydrogen-bond acceptors (Lipinski definition) is 6. The molecule has 0 unspecified atom stereocenters. The van der Waals surface area contributed by atoms with Crippen molar-refractivity contribution < 1.29 is 19.6 Å². The molecule has 19 heavy (non-hydrogen) atoms. The number of esters is 1. The lowest BCUT2D eigenvalue weighted by molar-refractivity contribution is -0.384. The normalized spacial score (nSPS) is 10.3. The van der Waals surface area contributed by atoms with Gasteiger partial charge in [-0.25, -0.2) is 4.79 Å². The molecule has 7 nitrogen and oxygen atoms in total. The maximum Gasteiger partial charge on any atom is 0.340 e. The fraction of sp³-hybridized carbons (Fsp3) is 0.417. The number of anilines is 1. The summed E-state index contributed by atoms with van der Waals surface area (Å²) in [6, 6.07) is 3.86. The van der Waals surface area contributed by atoms with Gasteiger partial charge in [0, 0.05) is 24.4 Å². The molecule has 0 aromatic heterocycles. The standard InChI is InChI=1S/C12H16N2O5/c1-8(2)19-12(16)10-7-9(14(17)18)3-4-11(10)13-5-6-15/h3-4,7-8,13,15H,5-6H2,1-2H3. The maximum atomic E-state index is 11.9. The minimum atomic E-state index is -0.640. The third-order valence-corrected chi connectivity index (χ3v) is 2.20. The average molecular weight is 268 g/mol. The first kappa shape index (κ1) is 14.9. The topological polar surface area (TPSA) is 102 Å². The fourth-order valence-electron chi connectivity index (χ4n) is 1.44. The Morgan fingerprint density at radius 2 is 2.21 bits per heavy atom. The molecule has 0 spiro atoms. The van der Waals surface area contributed by atoms with Crippen LogP contribution in [-0.4, -0.2) is 35.3 Å². The van der Waals surface area contributed by atoms with Crippen molar-refractivity contribution in [2.24, 2.45) is 0 Å². The Bertz CT molecular complexity index is 473. The largest absolute Gasteiger partial charge is 0.459 e. The molecule has 0 aliphatic heterocycles. The molecule has 0 atom stereocenters. The van der Waals surface area contributed by atoms with Crippen molar-refractivity contribution in [1.29, 1.82) is 0 Å². The van der Waals surface area contributed by atoms with E-state index in [1.54, 1.807) is 13.8 Å². The van der Waals surface area contributed by atoms with E-state index in [1.165, 1.54) is 12.1 Å². The highest BCUT2D eigenvalue weighted by Gasteiger charge is 2.18. The van der Waals surface area contributed by atoms with Crippen molar-refractivity contribution in [1.82, 2.24) is 0 Å². The number of aliphatic hydroxyl groups is 1. The molecule has 1 aromatic carbocycles.